The summed E-state index contributed by atoms with van der Waals surface area (Å²) in [6, 6.07) is 0.0359. The molecule has 0 spiro atoms. The monoisotopic (exact) mass is 299 g/mol. The highest BCUT2D eigenvalue weighted by molar-refractivity contribution is 5.75. The molecule has 7 nitrogen and oxygen atoms in total. The lowest BCUT2D eigenvalue weighted by atomic mass is 9.95. The van der Waals surface area contributed by atoms with Gasteiger partial charge in [0.25, 0.3) is 0 Å². The van der Waals surface area contributed by atoms with E-state index >= 15 is 0 Å². The fourth-order valence-corrected chi connectivity index (χ4v) is 3.16. The van der Waals surface area contributed by atoms with Gasteiger partial charge in [-0.25, -0.2) is 4.79 Å². The number of carboxylic acids is 1. The van der Waals surface area contributed by atoms with E-state index in [1.807, 2.05) is 4.90 Å². The number of aliphatic hydroxyl groups is 1. The van der Waals surface area contributed by atoms with E-state index in [0.717, 1.165) is 32.5 Å². The highest BCUT2D eigenvalue weighted by Gasteiger charge is 2.29. The van der Waals surface area contributed by atoms with Crippen molar-refractivity contribution in [3.63, 3.8) is 0 Å². The Bertz CT molecular complexity index is 369. The lowest BCUT2D eigenvalue weighted by molar-refractivity contribution is -0.138. The van der Waals surface area contributed by atoms with Crippen LogP contribution in [-0.2, 0) is 4.79 Å². The summed E-state index contributed by atoms with van der Waals surface area (Å²) >= 11 is 0. The Kier molecular flexibility index (Phi) is 5.81. The maximum absolute atomic E-state index is 12.5. The molecule has 2 amide bonds. The minimum atomic E-state index is -0.785. The molecule has 0 saturated carbocycles. The van der Waals surface area contributed by atoms with E-state index in [9.17, 15) is 9.59 Å². The van der Waals surface area contributed by atoms with E-state index in [1.165, 1.54) is 0 Å². The van der Waals surface area contributed by atoms with Crippen LogP contribution in [0.2, 0.25) is 0 Å². The summed E-state index contributed by atoms with van der Waals surface area (Å²) in [5.41, 5.74) is 0. The fraction of sp³-hybridized carbons (Fsp3) is 0.857. The molecule has 2 rings (SSSR count). The number of nitrogens with zero attached hydrogens (tertiary/aromatic N) is 3. The molecular weight excluding hydrogens is 274 g/mol. The maximum Gasteiger partial charge on any atom is 0.320 e. The van der Waals surface area contributed by atoms with Gasteiger partial charge in [-0.05, 0) is 18.8 Å². The molecule has 2 heterocycles. The first-order valence-corrected chi connectivity index (χ1v) is 7.69. The third-order valence-electron chi connectivity index (χ3n) is 4.31. The third kappa shape index (κ3) is 4.57. The van der Waals surface area contributed by atoms with Crippen LogP contribution in [0, 0.1) is 5.92 Å². The number of piperazine rings is 1. The van der Waals surface area contributed by atoms with E-state index in [-0.39, 0.29) is 25.0 Å². The van der Waals surface area contributed by atoms with Gasteiger partial charge in [0.2, 0.25) is 0 Å². The third-order valence-corrected chi connectivity index (χ3v) is 4.31. The van der Waals surface area contributed by atoms with Gasteiger partial charge in [0.1, 0.15) is 0 Å². The van der Waals surface area contributed by atoms with Gasteiger partial charge in [-0.15, -0.1) is 0 Å². The van der Waals surface area contributed by atoms with Crippen LogP contribution in [0.1, 0.15) is 19.3 Å². The van der Waals surface area contributed by atoms with Gasteiger partial charge in [-0.1, -0.05) is 0 Å². The SMILES string of the molecule is O=C(O)CC1CCCN(C(=O)N2CCN(CCO)CC2)C1. The zero-order chi connectivity index (χ0) is 15.2. The van der Waals surface area contributed by atoms with Gasteiger partial charge in [0.15, 0.2) is 0 Å². The molecule has 0 aliphatic carbocycles. The number of carboxylic acid groups (broad SMARTS) is 1. The quantitative estimate of drug-likeness (QED) is 0.757. The van der Waals surface area contributed by atoms with Crippen molar-refractivity contribution >= 4 is 12.0 Å². The summed E-state index contributed by atoms with van der Waals surface area (Å²) < 4.78 is 0. The number of piperidine rings is 1. The Hall–Kier alpha value is -1.34. The van der Waals surface area contributed by atoms with E-state index in [2.05, 4.69) is 4.90 Å². The molecule has 120 valence electrons. The topological polar surface area (TPSA) is 84.3 Å². The van der Waals surface area contributed by atoms with Crippen LogP contribution in [-0.4, -0.2) is 89.3 Å². The second-order valence-corrected chi connectivity index (χ2v) is 5.89. The Labute approximate surface area is 125 Å². The lowest BCUT2D eigenvalue weighted by Crippen LogP contribution is -2.54. The van der Waals surface area contributed by atoms with Crippen LogP contribution in [0.3, 0.4) is 0 Å². The molecule has 0 aromatic heterocycles. The van der Waals surface area contributed by atoms with Crippen molar-refractivity contribution in [1.29, 1.82) is 0 Å². The second kappa shape index (κ2) is 7.61. The van der Waals surface area contributed by atoms with Crippen molar-refractivity contribution in [3.05, 3.63) is 0 Å². The molecule has 7 heteroatoms. The first kappa shape index (κ1) is 16.0. The Morgan fingerprint density at radius 3 is 2.38 bits per heavy atom. The van der Waals surface area contributed by atoms with Gasteiger partial charge < -0.3 is 20.0 Å². The molecule has 21 heavy (non-hydrogen) atoms. The molecule has 0 aromatic rings. The highest BCUT2D eigenvalue weighted by atomic mass is 16.4. The summed E-state index contributed by atoms with van der Waals surface area (Å²) in [6.45, 7) is 5.03. The van der Waals surface area contributed by atoms with Crippen molar-refractivity contribution in [2.75, 3.05) is 52.4 Å². The van der Waals surface area contributed by atoms with Gasteiger partial charge >= 0.3 is 12.0 Å². The molecule has 2 aliphatic rings. The molecule has 1 unspecified atom stereocenters. The lowest BCUT2D eigenvalue weighted by Gasteiger charge is -2.39. The van der Waals surface area contributed by atoms with Crippen LogP contribution < -0.4 is 0 Å². The molecule has 2 fully saturated rings. The minimum Gasteiger partial charge on any atom is -0.481 e. The summed E-state index contributed by atoms with van der Waals surface area (Å²) in [7, 11) is 0. The van der Waals surface area contributed by atoms with Crippen LogP contribution in [0.25, 0.3) is 0 Å². The molecule has 0 radical (unpaired) electrons. The predicted octanol–water partition coefficient (Wildman–Crippen LogP) is -0.0970. The molecule has 2 N–H and O–H groups in total. The molecule has 2 saturated heterocycles. The van der Waals surface area contributed by atoms with E-state index < -0.39 is 5.97 Å². The number of likely N-dealkylation sites (tertiary alicyclic amines) is 1. The van der Waals surface area contributed by atoms with Crippen LogP contribution >= 0.6 is 0 Å². The Balaban J connectivity index is 1.81. The number of carbonyl (C=O) groups is 2. The van der Waals surface area contributed by atoms with Crippen molar-refractivity contribution in [1.82, 2.24) is 14.7 Å². The average Bonchev–Trinajstić information content (AvgIpc) is 2.47. The van der Waals surface area contributed by atoms with Crippen molar-refractivity contribution in [3.8, 4) is 0 Å². The number of urea groups is 1. The number of hydrogen-bond donors (Lipinski definition) is 2. The van der Waals surface area contributed by atoms with Crippen LogP contribution in [0.4, 0.5) is 4.79 Å². The van der Waals surface area contributed by atoms with Gasteiger partial charge in [-0.3, -0.25) is 9.69 Å². The summed E-state index contributed by atoms with van der Waals surface area (Å²) in [5, 5.41) is 17.8. The first-order chi connectivity index (χ1) is 10.1. The van der Waals surface area contributed by atoms with Crippen LogP contribution in [0.5, 0.6) is 0 Å². The van der Waals surface area contributed by atoms with Crippen molar-refractivity contribution < 1.29 is 19.8 Å². The summed E-state index contributed by atoms with van der Waals surface area (Å²) in [5.74, 6) is -0.706. The average molecular weight is 299 g/mol. The summed E-state index contributed by atoms with van der Waals surface area (Å²) in [6.07, 6.45) is 1.92. The zero-order valence-electron chi connectivity index (χ0n) is 12.4. The number of carbonyl (C=O) groups excluding carboxylic acids is 1. The van der Waals surface area contributed by atoms with Gasteiger partial charge in [0, 0.05) is 52.2 Å². The molecule has 0 aromatic carbocycles. The standard InChI is InChI=1S/C14H25N3O4/c18-9-8-15-4-6-16(7-5-15)14(21)17-3-1-2-12(11-17)10-13(19)20/h12,18H,1-11H2,(H,19,20). The summed E-state index contributed by atoms with van der Waals surface area (Å²) in [4.78, 5) is 29.1. The maximum atomic E-state index is 12.5. The fourth-order valence-electron chi connectivity index (χ4n) is 3.16. The predicted molar refractivity (Wildman–Crippen MR) is 77.0 cm³/mol. The second-order valence-electron chi connectivity index (χ2n) is 5.89. The van der Waals surface area contributed by atoms with Crippen LogP contribution in [0.15, 0.2) is 0 Å². The normalized spacial score (nSPS) is 24.1. The van der Waals surface area contributed by atoms with Gasteiger partial charge in [-0.2, -0.15) is 0 Å². The number of hydrogen-bond acceptors (Lipinski definition) is 4. The number of aliphatic hydroxyl groups excluding tert-OH is 1. The van der Waals surface area contributed by atoms with Gasteiger partial charge in [0.05, 0.1) is 6.61 Å². The number of amides is 2. The smallest absolute Gasteiger partial charge is 0.320 e. The van der Waals surface area contributed by atoms with E-state index in [4.69, 9.17) is 10.2 Å². The number of aliphatic carboxylic acids is 1. The molecule has 2 aliphatic heterocycles. The molecule has 0 bridgehead atoms. The number of β-amino-alcohol motifs (C(OH)–C–C–N with tert-alkyl or cyclic N) is 1. The van der Waals surface area contributed by atoms with E-state index in [1.54, 1.807) is 4.90 Å². The Morgan fingerprint density at radius 2 is 1.76 bits per heavy atom. The highest BCUT2D eigenvalue weighted by Crippen LogP contribution is 2.21. The molecular formula is C14H25N3O4. The first-order valence-electron chi connectivity index (χ1n) is 7.69. The van der Waals surface area contributed by atoms with Crippen molar-refractivity contribution in [2.45, 2.75) is 19.3 Å². The number of rotatable bonds is 4. The van der Waals surface area contributed by atoms with Crippen molar-refractivity contribution in [2.24, 2.45) is 5.92 Å². The largest absolute Gasteiger partial charge is 0.481 e. The zero-order valence-corrected chi connectivity index (χ0v) is 12.4. The Morgan fingerprint density at radius 1 is 1.05 bits per heavy atom. The molecule has 1 atom stereocenters. The minimum absolute atomic E-state index is 0.0359. The van der Waals surface area contributed by atoms with E-state index in [0.29, 0.717) is 26.2 Å².